The molecule has 1 aromatic carbocycles. The molecule has 0 amide bonds. The van der Waals surface area contributed by atoms with Crippen LogP contribution in [0.15, 0.2) is 18.2 Å². The SMILES string of the molecule is ClCc1nc2ccc(Cl)cc2n1CCOCC1CC1. The van der Waals surface area contributed by atoms with Crippen LogP contribution in [0.2, 0.25) is 5.02 Å². The molecule has 1 saturated carbocycles. The Balaban J connectivity index is 1.76. The average molecular weight is 299 g/mol. The highest BCUT2D eigenvalue weighted by molar-refractivity contribution is 6.31. The molecule has 0 N–H and O–H groups in total. The molecule has 0 aliphatic heterocycles. The molecule has 3 nitrogen and oxygen atoms in total. The number of imidazole rings is 1. The summed E-state index contributed by atoms with van der Waals surface area (Å²) in [6.07, 6.45) is 2.63. The summed E-state index contributed by atoms with van der Waals surface area (Å²) >= 11 is 12.0. The smallest absolute Gasteiger partial charge is 0.124 e. The van der Waals surface area contributed by atoms with E-state index >= 15 is 0 Å². The predicted molar refractivity (Wildman–Crippen MR) is 77.8 cm³/mol. The van der Waals surface area contributed by atoms with E-state index in [0.717, 1.165) is 35.9 Å². The summed E-state index contributed by atoms with van der Waals surface area (Å²) in [5.74, 6) is 2.06. The molecule has 1 aliphatic carbocycles. The minimum Gasteiger partial charge on any atom is -0.379 e. The second kappa shape index (κ2) is 5.70. The van der Waals surface area contributed by atoms with Gasteiger partial charge in [-0.2, -0.15) is 0 Å². The van der Waals surface area contributed by atoms with Crippen LogP contribution in [0.25, 0.3) is 11.0 Å². The first-order valence-electron chi connectivity index (χ1n) is 6.56. The van der Waals surface area contributed by atoms with E-state index in [1.807, 2.05) is 18.2 Å². The maximum atomic E-state index is 6.05. The zero-order valence-electron chi connectivity index (χ0n) is 10.6. The summed E-state index contributed by atoms with van der Waals surface area (Å²) in [7, 11) is 0. The average Bonchev–Trinajstić information content (AvgIpc) is 3.17. The van der Waals surface area contributed by atoms with Gasteiger partial charge in [0.15, 0.2) is 0 Å². The number of rotatable bonds is 6. The Labute approximate surface area is 122 Å². The molecule has 0 saturated heterocycles. The molecule has 1 aromatic heterocycles. The van der Waals surface area contributed by atoms with Crippen molar-refractivity contribution >= 4 is 34.2 Å². The van der Waals surface area contributed by atoms with Crippen molar-refractivity contribution in [1.82, 2.24) is 9.55 Å². The molecule has 2 aromatic rings. The lowest BCUT2D eigenvalue weighted by atomic mass is 10.3. The third-order valence-corrected chi connectivity index (χ3v) is 3.89. The molecule has 5 heteroatoms. The third-order valence-electron chi connectivity index (χ3n) is 3.42. The van der Waals surface area contributed by atoms with Crippen LogP contribution in [0.1, 0.15) is 18.7 Å². The summed E-state index contributed by atoms with van der Waals surface area (Å²) in [6.45, 7) is 2.34. The van der Waals surface area contributed by atoms with E-state index in [0.29, 0.717) is 17.5 Å². The fourth-order valence-corrected chi connectivity index (χ4v) is 2.56. The van der Waals surface area contributed by atoms with Crippen LogP contribution in [0.5, 0.6) is 0 Å². The van der Waals surface area contributed by atoms with Crippen LogP contribution in [-0.4, -0.2) is 22.8 Å². The number of aromatic nitrogens is 2. The van der Waals surface area contributed by atoms with Gasteiger partial charge in [-0.1, -0.05) is 11.6 Å². The van der Waals surface area contributed by atoms with Crippen molar-refractivity contribution in [3.63, 3.8) is 0 Å². The molecule has 1 fully saturated rings. The first-order valence-corrected chi connectivity index (χ1v) is 7.47. The lowest BCUT2D eigenvalue weighted by Crippen LogP contribution is -2.09. The lowest BCUT2D eigenvalue weighted by Gasteiger charge is -2.08. The third kappa shape index (κ3) is 3.04. The van der Waals surface area contributed by atoms with Gasteiger partial charge in [0.05, 0.1) is 23.5 Å². The number of nitrogens with zero attached hydrogens (tertiary/aromatic N) is 2. The van der Waals surface area contributed by atoms with Crippen molar-refractivity contribution in [3.05, 3.63) is 29.0 Å². The summed E-state index contributed by atoms with van der Waals surface area (Å²) in [5, 5.41) is 0.716. The molecule has 1 heterocycles. The van der Waals surface area contributed by atoms with E-state index in [4.69, 9.17) is 27.9 Å². The lowest BCUT2D eigenvalue weighted by molar-refractivity contribution is 0.117. The second-order valence-corrected chi connectivity index (χ2v) is 5.67. The van der Waals surface area contributed by atoms with Gasteiger partial charge in [-0.15, -0.1) is 11.6 Å². The van der Waals surface area contributed by atoms with E-state index in [1.165, 1.54) is 12.8 Å². The van der Waals surface area contributed by atoms with E-state index in [2.05, 4.69) is 9.55 Å². The maximum Gasteiger partial charge on any atom is 0.124 e. The Hall–Kier alpha value is -0.770. The highest BCUT2D eigenvalue weighted by Gasteiger charge is 2.21. The zero-order chi connectivity index (χ0) is 13.2. The van der Waals surface area contributed by atoms with Crippen LogP contribution in [0, 0.1) is 5.92 Å². The maximum absolute atomic E-state index is 6.05. The summed E-state index contributed by atoms with van der Waals surface area (Å²) < 4.78 is 7.78. The Kier molecular flexibility index (Phi) is 3.96. The van der Waals surface area contributed by atoms with Gasteiger partial charge >= 0.3 is 0 Å². The minimum atomic E-state index is 0.398. The molecule has 0 bridgehead atoms. The monoisotopic (exact) mass is 298 g/mol. The molecule has 0 atom stereocenters. The molecule has 0 radical (unpaired) electrons. The van der Waals surface area contributed by atoms with Crippen molar-refractivity contribution < 1.29 is 4.74 Å². The van der Waals surface area contributed by atoms with E-state index in [9.17, 15) is 0 Å². The van der Waals surface area contributed by atoms with Crippen molar-refractivity contribution in [1.29, 1.82) is 0 Å². The number of benzene rings is 1. The van der Waals surface area contributed by atoms with Crippen LogP contribution in [0.3, 0.4) is 0 Å². The Morgan fingerprint density at radius 1 is 1.37 bits per heavy atom. The van der Waals surface area contributed by atoms with Crippen molar-refractivity contribution in [2.45, 2.75) is 25.3 Å². The van der Waals surface area contributed by atoms with Gasteiger partial charge in [0.1, 0.15) is 5.82 Å². The predicted octanol–water partition coefficient (Wildman–Crippen LogP) is 3.86. The highest BCUT2D eigenvalue weighted by Crippen LogP contribution is 2.28. The molecule has 1 aliphatic rings. The number of alkyl halides is 1. The van der Waals surface area contributed by atoms with E-state index in [-0.39, 0.29) is 0 Å². The number of hydrogen-bond donors (Lipinski definition) is 0. The van der Waals surface area contributed by atoms with Crippen LogP contribution in [0.4, 0.5) is 0 Å². The molecule has 0 unspecified atom stereocenters. The standard InChI is InChI=1S/C14H16Cl2N2O/c15-8-14-17-12-4-3-11(16)7-13(12)18(14)5-6-19-9-10-1-2-10/h3-4,7,10H,1-2,5-6,8-9H2. The van der Waals surface area contributed by atoms with E-state index < -0.39 is 0 Å². The molecule has 0 spiro atoms. The van der Waals surface area contributed by atoms with Gasteiger partial charge in [0, 0.05) is 18.2 Å². The van der Waals surface area contributed by atoms with Gasteiger partial charge in [-0.05, 0) is 37.0 Å². The molecular weight excluding hydrogens is 283 g/mol. The van der Waals surface area contributed by atoms with E-state index in [1.54, 1.807) is 0 Å². The summed E-state index contributed by atoms with van der Waals surface area (Å²) in [4.78, 5) is 4.52. The summed E-state index contributed by atoms with van der Waals surface area (Å²) in [5.41, 5.74) is 1.96. The topological polar surface area (TPSA) is 27.1 Å². The minimum absolute atomic E-state index is 0.398. The number of hydrogen-bond acceptors (Lipinski definition) is 2. The molecule has 102 valence electrons. The zero-order valence-corrected chi connectivity index (χ0v) is 12.1. The van der Waals surface area contributed by atoms with Gasteiger partial charge < -0.3 is 9.30 Å². The fourth-order valence-electron chi connectivity index (χ4n) is 2.19. The van der Waals surface area contributed by atoms with Crippen molar-refractivity contribution in [3.8, 4) is 0 Å². The molecule has 19 heavy (non-hydrogen) atoms. The summed E-state index contributed by atoms with van der Waals surface area (Å²) in [6, 6.07) is 5.71. The first kappa shape index (κ1) is 13.2. The van der Waals surface area contributed by atoms with Gasteiger partial charge in [-0.3, -0.25) is 0 Å². The molecular formula is C14H16Cl2N2O. The number of halogens is 2. The Morgan fingerprint density at radius 2 is 2.21 bits per heavy atom. The fraction of sp³-hybridized carbons (Fsp3) is 0.500. The van der Waals surface area contributed by atoms with Crippen LogP contribution >= 0.6 is 23.2 Å². The second-order valence-electron chi connectivity index (χ2n) is 4.96. The quantitative estimate of drug-likeness (QED) is 0.598. The number of fused-ring (bicyclic) bond motifs is 1. The van der Waals surface area contributed by atoms with Crippen molar-refractivity contribution in [2.75, 3.05) is 13.2 Å². The van der Waals surface area contributed by atoms with Crippen molar-refractivity contribution in [2.24, 2.45) is 5.92 Å². The highest BCUT2D eigenvalue weighted by atomic mass is 35.5. The van der Waals surface area contributed by atoms with Gasteiger partial charge in [-0.25, -0.2) is 4.98 Å². The Bertz CT molecular complexity index is 578. The number of ether oxygens (including phenoxy) is 1. The van der Waals surface area contributed by atoms with Gasteiger partial charge in [0.2, 0.25) is 0 Å². The Morgan fingerprint density at radius 3 is 2.95 bits per heavy atom. The largest absolute Gasteiger partial charge is 0.379 e. The van der Waals surface area contributed by atoms with Crippen LogP contribution < -0.4 is 0 Å². The molecule has 3 rings (SSSR count). The van der Waals surface area contributed by atoms with Gasteiger partial charge in [0.25, 0.3) is 0 Å². The van der Waals surface area contributed by atoms with Crippen LogP contribution in [-0.2, 0) is 17.2 Å². The first-order chi connectivity index (χ1) is 9.28. The normalized spacial score (nSPS) is 15.3.